The van der Waals surface area contributed by atoms with Gasteiger partial charge in [-0.25, -0.2) is 4.79 Å². The minimum atomic E-state index is -4.58. The highest BCUT2D eigenvalue weighted by atomic mass is 19.4. The summed E-state index contributed by atoms with van der Waals surface area (Å²) in [6.45, 7) is -1.15. The Labute approximate surface area is 146 Å². The van der Waals surface area contributed by atoms with Gasteiger partial charge in [0.15, 0.2) is 6.61 Å². The van der Waals surface area contributed by atoms with Crippen LogP contribution in [0.1, 0.15) is 23.2 Å². The van der Waals surface area contributed by atoms with E-state index in [1.165, 1.54) is 12.1 Å². The number of carbonyl (C=O) groups excluding carboxylic acids is 2. The largest absolute Gasteiger partial charge is 0.452 e. The second-order valence-corrected chi connectivity index (χ2v) is 5.62. The highest BCUT2D eigenvalue weighted by Crippen LogP contribution is 2.29. The van der Waals surface area contributed by atoms with E-state index in [0.29, 0.717) is 18.8 Å². The number of nitro groups is 1. The first-order valence-corrected chi connectivity index (χ1v) is 7.71. The van der Waals surface area contributed by atoms with E-state index in [9.17, 15) is 32.9 Å². The third-order valence-corrected chi connectivity index (χ3v) is 3.68. The number of ether oxygens (including phenoxy) is 1. The third kappa shape index (κ3) is 5.33. The molecule has 1 fully saturated rings. The zero-order valence-electron chi connectivity index (χ0n) is 13.5. The van der Waals surface area contributed by atoms with Gasteiger partial charge >= 0.3 is 12.1 Å². The molecule has 8 nitrogen and oxygen atoms in total. The van der Waals surface area contributed by atoms with Crippen molar-refractivity contribution < 1.29 is 32.4 Å². The molecule has 1 heterocycles. The zero-order chi connectivity index (χ0) is 19.3. The van der Waals surface area contributed by atoms with Gasteiger partial charge in [0.1, 0.15) is 6.54 Å². The van der Waals surface area contributed by atoms with Gasteiger partial charge in [0, 0.05) is 25.2 Å². The Morgan fingerprint density at radius 1 is 1.27 bits per heavy atom. The first-order valence-electron chi connectivity index (χ1n) is 7.71. The molecular formula is C15H16F3N3O5. The second-order valence-electron chi connectivity index (χ2n) is 5.62. The minimum absolute atomic E-state index is 0.107. The van der Waals surface area contributed by atoms with Gasteiger partial charge in [-0.1, -0.05) is 0 Å². The fourth-order valence-electron chi connectivity index (χ4n) is 2.49. The summed E-state index contributed by atoms with van der Waals surface area (Å²) >= 11 is 0. The number of nitrogens with one attached hydrogen (secondary N) is 1. The molecule has 142 valence electrons. The van der Waals surface area contributed by atoms with Crippen molar-refractivity contribution in [1.29, 1.82) is 0 Å². The average Bonchev–Trinajstić information content (AvgIpc) is 3.11. The lowest BCUT2D eigenvalue weighted by Crippen LogP contribution is -2.36. The van der Waals surface area contributed by atoms with Crippen molar-refractivity contribution in [3.63, 3.8) is 0 Å². The maximum atomic E-state index is 12.2. The number of nitro benzene ring substituents is 1. The van der Waals surface area contributed by atoms with Crippen LogP contribution in [0.3, 0.4) is 0 Å². The van der Waals surface area contributed by atoms with Crippen LogP contribution < -0.4 is 10.2 Å². The van der Waals surface area contributed by atoms with E-state index in [-0.39, 0.29) is 11.3 Å². The number of rotatable bonds is 6. The maximum absolute atomic E-state index is 12.2. The number of benzene rings is 1. The van der Waals surface area contributed by atoms with E-state index in [4.69, 9.17) is 4.74 Å². The Balaban J connectivity index is 2.09. The van der Waals surface area contributed by atoms with Crippen molar-refractivity contribution in [2.24, 2.45) is 0 Å². The molecule has 1 aromatic rings. The SMILES string of the molecule is O=C(COC(=O)c1cc([N+](=O)[O-])ccc1N1CCCC1)NCC(F)(F)F. The van der Waals surface area contributed by atoms with Crippen molar-refractivity contribution in [3.8, 4) is 0 Å². The number of amides is 1. The van der Waals surface area contributed by atoms with Gasteiger partial charge in [-0.15, -0.1) is 0 Å². The number of carbonyl (C=O) groups is 2. The van der Waals surface area contributed by atoms with Crippen molar-refractivity contribution >= 4 is 23.3 Å². The zero-order valence-corrected chi connectivity index (χ0v) is 13.5. The maximum Gasteiger partial charge on any atom is 0.405 e. The van der Waals surface area contributed by atoms with Gasteiger partial charge in [-0.2, -0.15) is 13.2 Å². The number of halogens is 3. The van der Waals surface area contributed by atoms with Crippen LogP contribution >= 0.6 is 0 Å². The fourth-order valence-corrected chi connectivity index (χ4v) is 2.49. The van der Waals surface area contributed by atoms with E-state index in [1.807, 2.05) is 4.90 Å². The van der Waals surface area contributed by atoms with Crippen molar-refractivity contribution in [1.82, 2.24) is 5.32 Å². The van der Waals surface area contributed by atoms with E-state index >= 15 is 0 Å². The summed E-state index contributed by atoms with van der Waals surface area (Å²) in [7, 11) is 0. The lowest BCUT2D eigenvalue weighted by Gasteiger charge is -2.20. The van der Waals surface area contributed by atoms with Gasteiger partial charge in [-0.3, -0.25) is 14.9 Å². The van der Waals surface area contributed by atoms with Crippen molar-refractivity contribution in [2.75, 3.05) is 31.1 Å². The summed E-state index contributed by atoms with van der Waals surface area (Å²) in [5, 5.41) is 12.5. The Morgan fingerprint density at radius 3 is 2.50 bits per heavy atom. The molecule has 0 aliphatic carbocycles. The number of alkyl halides is 3. The van der Waals surface area contributed by atoms with Crippen LogP contribution in [0.25, 0.3) is 0 Å². The molecule has 1 amide bonds. The third-order valence-electron chi connectivity index (χ3n) is 3.68. The molecular weight excluding hydrogens is 359 g/mol. The molecule has 0 spiro atoms. The Morgan fingerprint density at radius 2 is 1.92 bits per heavy atom. The molecule has 1 N–H and O–H groups in total. The van der Waals surface area contributed by atoms with Crippen LogP contribution in [0.2, 0.25) is 0 Å². The topological polar surface area (TPSA) is 102 Å². The number of esters is 1. The summed E-state index contributed by atoms with van der Waals surface area (Å²) < 4.78 is 40.8. The molecule has 0 bridgehead atoms. The molecule has 0 saturated carbocycles. The number of hydrogen-bond donors (Lipinski definition) is 1. The molecule has 2 rings (SSSR count). The van der Waals surface area contributed by atoms with Crippen molar-refractivity contribution in [2.45, 2.75) is 19.0 Å². The molecule has 0 atom stereocenters. The first kappa shape index (κ1) is 19.5. The van der Waals surface area contributed by atoms with Gasteiger partial charge in [-0.05, 0) is 18.9 Å². The Bertz CT molecular complexity index is 702. The van der Waals surface area contributed by atoms with Crippen LogP contribution in [0.5, 0.6) is 0 Å². The summed E-state index contributed by atoms with van der Waals surface area (Å²) in [5.74, 6) is -2.14. The van der Waals surface area contributed by atoms with E-state index in [1.54, 1.807) is 5.32 Å². The summed E-state index contributed by atoms with van der Waals surface area (Å²) in [4.78, 5) is 35.7. The molecule has 1 saturated heterocycles. The molecule has 1 aromatic carbocycles. The van der Waals surface area contributed by atoms with Crippen LogP contribution in [-0.2, 0) is 9.53 Å². The molecule has 0 radical (unpaired) electrons. The van der Waals surface area contributed by atoms with Gasteiger partial charge in [0.2, 0.25) is 0 Å². The number of non-ortho nitro benzene ring substituents is 1. The minimum Gasteiger partial charge on any atom is -0.452 e. The Hall–Kier alpha value is -2.85. The second kappa shape index (κ2) is 8.02. The van der Waals surface area contributed by atoms with Crippen molar-refractivity contribution in [3.05, 3.63) is 33.9 Å². The smallest absolute Gasteiger partial charge is 0.405 e. The number of hydrogen-bond acceptors (Lipinski definition) is 6. The molecule has 1 aliphatic heterocycles. The predicted molar refractivity (Wildman–Crippen MR) is 83.9 cm³/mol. The summed E-state index contributed by atoms with van der Waals surface area (Å²) in [5.41, 5.74) is -0.0139. The first-order chi connectivity index (χ1) is 12.2. The molecule has 0 aromatic heterocycles. The number of anilines is 1. The van der Waals surface area contributed by atoms with E-state index in [2.05, 4.69) is 0 Å². The van der Waals surface area contributed by atoms with Crippen LogP contribution in [0.4, 0.5) is 24.5 Å². The predicted octanol–water partition coefficient (Wildman–Crippen LogP) is 2.03. The van der Waals surface area contributed by atoms with E-state index in [0.717, 1.165) is 18.9 Å². The monoisotopic (exact) mass is 375 g/mol. The highest BCUT2D eigenvalue weighted by molar-refractivity contribution is 5.97. The number of nitrogens with zero attached hydrogens (tertiary/aromatic N) is 2. The standard InChI is InChI=1S/C15H16F3N3O5/c16-15(17,18)9-19-13(22)8-26-14(23)11-7-10(21(24)25)3-4-12(11)20-5-1-2-6-20/h3-4,7H,1-2,5-6,8-9H2,(H,19,22). The highest BCUT2D eigenvalue weighted by Gasteiger charge is 2.28. The van der Waals surface area contributed by atoms with Crippen LogP contribution in [0.15, 0.2) is 18.2 Å². The molecule has 0 unspecified atom stereocenters. The van der Waals surface area contributed by atoms with Gasteiger partial charge in [0.05, 0.1) is 16.2 Å². The van der Waals surface area contributed by atoms with Gasteiger partial charge < -0.3 is 15.0 Å². The lowest BCUT2D eigenvalue weighted by molar-refractivity contribution is -0.384. The van der Waals surface area contributed by atoms with Crippen LogP contribution in [-0.4, -0.2) is 49.2 Å². The average molecular weight is 375 g/mol. The molecule has 1 aliphatic rings. The van der Waals surface area contributed by atoms with Gasteiger partial charge in [0.25, 0.3) is 11.6 Å². The van der Waals surface area contributed by atoms with Crippen LogP contribution in [0, 0.1) is 10.1 Å². The van der Waals surface area contributed by atoms with E-state index < -0.39 is 36.1 Å². The fraction of sp³-hybridized carbons (Fsp3) is 0.467. The lowest BCUT2D eigenvalue weighted by atomic mass is 10.1. The quantitative estimate of drug-likeness (QED) is 0.464. The molecule has 11 heteroatoms. The normalized spacial score (nSPS) is 14.2. The summed E-state index contributed by atoms with van der Waals surface area (Å²) in [6, 6.07) is 3.70. The molecule has 26 heavy (non-hydrogen) atoms. The summed E-state index contributed by atoms with van der Waals surface area (Å²) in [6.07, 6.45) is -2.79. The Kier molecular flexibility index (Phi) is 6.01.